The number of likely N-dealkylation sites (N-methyl/N-ethyl adjacent to an activating group) is 1. The molecule has 0 heterocycles. The number of benzene rings is 1. The summed E-state index contributed by atoms with van der Waals surface area (Å²) in [6.07, 6.45) is 1.09. The summed E-state index contributed by atoms with van der Waals surface area (Å²) in [5, 5.41) is 6.01. The van der Waals surface area contributed by atoms with E-state index in [1.165, 1.54) is 0 Å². The van der Waals surface area contributed by atoms with Gasteiger partial charge in [-0.2, -0.15) is 0 Å². The van der Waals surface area contributed by atoms with Crippen molar-refractivity contribution in [3.8, 4) is 0 Å². The highest BCUT2D eigenvalue weighted by atomic mass is 16.2. The average Bonchev–Trinajstić information content (AvgIpc) is 2.49. The van der Waals surface area contributed by atoms with Gasteiger partial charge in [0.25, 0.3) is 0 Å². The monoisotopic (exact) mass is 319 g/mol. The molecule has 0 aliphatic rings. The van der Waals surface area contributed by atoms with Gasteiger partial charge in [0.05, 0.1) is 0 Å². The van der Waals surface area contributed by atoms with Gasteiger partial charge in [0, 0.05) is 18.3 Å². The van der Waals surface area contributed by atoms with E-state index in [1.807, 2.05) is 26.0 Å². The standard InChI is InChI=1S/C19H33N3O/c1-7-22(8-2)17(11-14(3)4)13-20-19(23)21-18-12-15(5)9-10-16(18)6/h9-10,12,14,17H,7-8,11,13H2,1-6H3,(H2,20,21,23)/t17-/m0/s1. The molecule has 0 unspecified atom stereocenters. The van der Waals surface area contributed by atoms with Crippen LogP contribution in [0.4, 0.5) is 10.5 Å². The normalized spacial score (nSPS) is 12.5. The van der Waals surface area contributed by atoms with Crippen molar-refractivity contribution >= 4 is 11.7 Å². The molecule has 0 bridgehead atoms. The third-order valence-corrected chi connectivity index (χ3v) is 4.21. The minimum atomic E-state index is -0.125. The molecule has 1 aromatic rings. The van der Waals surface area contributed by atoms with Crippen LogP contribution in [0.1, 0.15) is 45.2 Å². The van der Waals surface area contributed by atoms with Gasteiger partial charge in [-0.15, -0.1) is 0 Å². The third kappa shape index (κ3) is 6.61. The molecule has 4 nitrogen and oxygen atoms in total. The maximum absolute atomic E-state index is 12.2. The topological polar surface area (TPSA) is 44.4 Å². The molecule has 0 saturated heterocycles. The van der Waals surface area contributed by atoms with Crippen molar-refractivity contribution in [3.63, 3.8) is 0 Å². The Morgan fingerprint density at radius 3 is 2.39 bits per heavy atom. The lowest BCUT2D eigenvalue weighted by Crippen LogP contribution is -2.45. The zero-order chi connectivity index (χ0) is 17.4. The number of anilines is 1. The SMILES string of the molecule is CCN(CC)[C@H](CNC(=O)Nc1cc(C)ccc1C)CC(C)C. The zero-order valence-electron chi connectivity index (χ0n) is 15.6. The van der Waals surface area contributed by atoms with Gasteiger partial charge in [-0.05, 0) is 56.5 Å². The molecule has 0 aliphatic carbocycles. The number of amides is 2. The Kier molecular flexibility index (Phi) is 8.10. The second-order valence-corrected chi connectivity index (χ2v) is 6.66. The van der Waals surface area contributed by atoms with E-state index in [1.54, 1.807) is 0 Å². The molecule has 1 aromatic carbocycles. The van der Waals surface area contributed by atoms with Gasteiger partial charge in [-0.25, -0.2) is 4.79 Å². The first kappa shape index (κ1) is 19.5. The molecule has 130 valence electrons. The fraction of sp³-hybridized carbons (Fsp3) is 0.632. The van der Waals surface area contributed by atoms with Gasteiger partial charge < -0.3 is 10.6 Å². The van der Waals surface area contributed by atoms with Gasteiger partial charge in [-0.3, -0.25) is 4.90 Å². The van der Waals surface area contributed by atoms with Crippen LogP contribution in [-0.4, -0.2) is 36.6 Å². The third-order valence-electron chi connectivity index (χ3n) is 4.21. The van der Waals surface area contributed by atoms with Crippen LogP contribution >= 0.6 is 0 Å². The molecule has 2 N–H and O–H groups in total. The largest absolute Gasteiger partial charge is 0.336 e. The number of carbonyl (C=O) groups excluding carboxylic acids is 1. The Balaban J connectivity index is 2.62. The van der Waals surface area contributed by atoms with Crippen LogP contribution < -0.4 is 10.6 Å². The summed E-state index contributed by atoms with van der Waals surface area (Å²) in [7, 11) is 0. The fourth-order valence-electron chi connectivity index (χ4n) is 2.89. The van der Waals surface area contributed by atoms with Gasteiger partial charge in [0.2, 0.25) is 0 Å². The lowest BCUT2D eigenvalue weighted by atomic mass is 10.0. The molecule has 0 fully saturated rings. The lowest BCUT2D eigenvalue weighted by Gasteiger charge is -2.31. The van der Waals surface area contributed by atoms with Crippen molar-refractivity contribution in [3.05, 3.63) is 29.3 Å². The van der Waals surface area contributed by atoms with Crippen molar-refractivity contribution < 1.29 is 4.79 Å². The molecule has 1 rings (SSSR count). The summed E-state index contributed by atoms with van der Waals surface area (Å²) in [6, 6.07) is 6.35. The van der Waals surface area contributed by atoms with Crippen LogP contribution in [0.3, 0.4) is 0 Å². The molecule has 23 heavy (non-hydrogen) atoms. The number of rotatable bonds is 8. The lowest BCUT2D eigenvalue weighted by molar-refractivity contribution is 0.186. The maximum atomic E-state index is 12.2. The molecule has 4 heteroatoms. The summed E-state index contributed by atoms with van der Waals surface area (Å²) in [4.78, 5) is 14.6. The van der Waals surface area contributed by atoms with Crippen LogP contribution in [0, 0.1) is 19.8 Å². The van der Waals surface area contributed by atoms with Gasteiger partial charge in [0.1, 0.15) is 0 Å². The van der Waals surface area contributed by atoms with E-state index in [-0.39, 0.29) is 6.03 Å². The highest BCUT2D eigenvalue weighted by Crippen LogP contribution is 2.16. The molecule has 0 spiro atoms. The van der Waals surface area contributed by atoms with Gasteiger partial charge in [0.15, 0.2) is 0 Å². The Hall–Kier alpha value is -1.55. The maximum Gasteiger partial charge on any atom is 0.319 e. The van der Waals surface area contributed by atoms with E-state index in [2.05, 4.69) is 49.3 Å². The molecular formula is C19H33N3O. The molecular weight excluding hydrogens is 286 g/mol. The van der Waals surface area contributed by atoms with Crippen molar-refractivity contribution in [1.82, 2.24) is 10.2 Å². The summed E-state index contributed by atoms with van der Waals surface area (Å²) in [5.41, 5.74) is 3.10. The Morgan fingerprint density at radius 2 is 1.83 bits per heavy atom. The van der Waals surface area contributed by atoms with Gasteiger partial charge in [-0.1, -0.05) is 39.8 Å². The number of hydrogen-bond acceptors (Lipinski definition) is 2. The van der Waals surface area contributed by atoms with E-state index in [4.69, 9.17) is 0 Å². The van der Waals surface area contributed by atoms with Gasteiger partial charge >= 0.3 is 6.03 Å². The molecule has 0 aromatic heterocycles. The second-order valence-electron chi connectivity index (χ2n) is 6.66. The summed E-state index contributed by atoms with van der Waals surface area (Å²) in [6.45, 7) is 15.5. The fourth-order valence-corrected chi connectivity index (χ4v) is 2.89. The average molecular weight is 319 g/mol. The molecule has 0 aliphatic heterocycles. The quantitative estimate of drug-likeness (QED) is 0.755. The molecule has 1 atom stereocenters. The van der Waals surface area contributed by atoms with E-state index in [0.29, 0.717) is 18.5 Å². The van der Waals surface area contributed by atoms with Crippen LogP contribution in [0.5, 0.6) is 0 Å². The van der Waals surface area contributed by atoms with E-state index in [9.17, 15) is 4.79 Å². The second kappa shape index (κ2) is 9.56. The van der Waals surface area contributed by atoms with Crippen LogP contribution in [0.2, 0.25) is 0 Å². The molecule has 2 amide bonds. The predicted octanol–water partition coefficient (Wildman–Crippen LogP) is 4.18. The summed E-state index contributed by atoms with van der Waals surface area (Å²) >= 11 is 0. The van der Waals surface area contributed by atoms with Crippen LogP contribution in [0.25, 0.3) is 0 Å². The van der Waals surface area contributed by atoms with E-state index in [0.717, 1.165) is 36.3 Å². The number of aryl methyl sites for hydroxylation is 2. The first-order chi connectivity index (χ1) is 10.9. The zero-order valence-corrected chi connectivity index (χ0v) is 15.6. The Morgan fingerprint density at radius 1 is 1.17 bits per heavy atom. The Labute approximate surface area is 141 Å². The number of hydrogen-bond donors (Lipinski definition) is 2. The summed E-state index contributed by atoms with van der Waals surface area (Å²) < 4.78 is 0. The molecule has 0 saturated carbocycles. The first-order valence-corrected chi connectivity index (χ1v) is 8.73. The van der Waals surface area contributed by atoms with Crippen molar-refractivity contribution in [1.29, 1.82) is 0 Å². The van der Waals surface area contributed by atoms with Crippen molar-refractivity contribution in [2.24, 2.45) is 5.92 Å². The minimum absolute atomic E-state index is 0.125. The van der Waals surface area contributed by atoms with Crippen molar-refractivity contribution in [2.75, 3.05) is 25.0 Å². The minimum Gasteiger partial charge on any atom is -0.336 e. The van der Waals surface area contributed by atoms with Crippen LogP contribution in [0.15, 0.2) is 18.2 Å². The highest BCUT2D eigenvalue weighted by Gasteiger charge is 2.18. The number of nitrogens with zero attached hydrogens (tertiary/aromatic N) is 1. The Bertz CT molecular complexity index is 495. The van der Waals surface area contributed by atoms with E-state index < -0.39 is 0 Å². The predicted molar refractivity (Wildman–Crippen MR) is 99.1 cm³/mol. The smallest absolute Gasteiger partial charge is 0.319 e. The molecule has 0 radical (unpaired) electrons. The van der Waals surface area contributed by atoms with Crippen molar-refractivity contribution in [2.45, 2.75) is 54.0 Å². The van der Waals surface area contributed by atoms with Crippen LogP contribution in [-0.2, 0) is 0 Å². The highest BCUT2D eigenvalue weighted by molar-refractivity contribution is 5.90. The number of nitrogens with one attached hydrogen (secondary N) is 2. The first-order valence-electron chi connectivity index (χ1n) is 8.73. The summed E-state index contributed by atoms with van der Waals surface area (Å²) in [5.74, 6) is 0.615. The van der Waals surface area contributed by atoms with E-state index >= 15 is 0 Å². The number of urea groups is 1. The number of carbonyl (C=O) groups is 1.